The van der Waals surface area contributed by atoms with Crippen molar-refractivity contribution >= 4 is 0 Å². The van der Waals surface area contributed by atoms with Crippen LogP contribution >= 0.6 is 0 Å². The Labute approximate surface area is 213 Å². The van der Waals surface area contributed by atoms with E-state index in [-0.39, 0.29) is 19.5 Å². The first-order valence-electron chi connectivity index (χ1n) is 10.2. The normalized spacial score (nSPS) is 8.47. The summed E-state index contributed by atoms with van der Waals surface area (Å²) < 4.78 is 0. The van der Waals surface area contributed by atoms with Gasteiger partial charge in [0.25, 0.3) is 0 Å². The Hall–Kier alpha value is -4.14. The second-order valence-corrected chi connectivity index (χ2v) is 6.11. The zero-order chi connectivity index (χ0) is 23.4. The van der Waals surface area contributed by atoms with Crippen molar-refractivity contribution in [1.82, 2.24) is 24.9 Å². The number of hydrogen-bond acceptors (Lipinski definition) is 6. The van der Waals surface area contributed by atoms with Gasteiger partial charge < -0.3 is 0 Å². The summed E-state index contributed by atoms with van der Waals surface area (Å²) in [5, 5.41) is 7.32. The molecule has 0 aliphatic heterocycles. The molecule has 5 heterocycles. The van der Waals surface area contributed by atoms with E-state index >= 15 is 0 Å². The second-order valence-electron chi connectivity index (χ2n) is 6.11. The van der Waals surface area contributed by atoms with Crippen LogP contribution < -0.4 is 0 Å². The number of nitriles is 1. The van der Waals surface area contributed by atoms with Gasteiger partial charge in [-0.3, -0.25) is 24.9 Å². The van der Waals surface area contributed by atoms with Crippen LogP contribution in [0.25, 0.3) is 22.8 Å². The Kier molecular flexibility index (Phi) is 15.1. The minimum Gasteiger partial charge on any atom is -0.265 e. The molecule has 0 aromatic carbocycles. The van der Waals surface area contributed by atoms with E-state index in [0.29, 0.717) is 0 Å². The van der Waals surface area contributed by atoms with Crippen LogP contribution in [-0.2, 0) is 19.5 Å². The van der Waals surface area contributed by atoms with Gasteiger partial charge in [0.05, 0.1) is 28.8 Å². The van der Waals surface area contributed by atoms with E-state index in [2.05, 4.69) is 24.9 Å². The molecule has 7 heteroatoms. The molecule has 5 aromatic rings. The third-order valence-corrected chi connectivity index (χ3v) is 3.75. The summed E-state index contributed by atoms with van der Waals surface area (Å²) in [6, 6.07) is 30.7. The van der Waals surface area contributed by atoms with Crippen LogP contribution in [0, 0.1) is 11.3 Å². The van der Waals surface area contributed by atoms with E-state index < -0.39 is 0 Å². The largest absolute Gasteiger partial charge is 0.265 e. The Bertz CT molecular complexity index is 978. The standard InChI is InChI=1S/2C10H8N2.C5H5N.C2H3N.Ru/c2*1-3-7-11-9(5-1)10-6-2-4-8-12-10;1-2-4-6-5-3-1;1-2-3;/h2*1-8H;1-5H;1H3;. The molecule has 0 saturated heterocycles. The molecule has 0 saturated carbocycles. The maximum Gasteiger partial charge on any atom is 0.0886 e. The third kappa shape index (κ3) is 11.5. The van der Waals surface area contributed by atoms with Gasteiger partial charge in [0.2, 0.25) is 0 Å². The van der Waals surface area contributed by atoms with Gasteiger partial charge in [-0.25, -0.2) is 0 Å². The third-order valence-electron chi connectivity index (χ3n) is 3.75. The molecule has 5 aromatic heterocycles. The summed E-state index contributed by atoms with van der Waals surface area (Å²) >= 11 is 0. The first-order valence-corrected chi connectivity index (χ1v) is 10.2. The minimum atomic E-state index is 0. The van der Waals surface area contributed by atoms with E-state index in [1.165, 1.54) is 6.92 Å². The number of hydrogen-bond donors (Lipinski definition) is 0. The molecule has 0 radical (unpaired) electrons. The molecule has 0 aliphatic carbocycles. The van der Waals surface area contributed by atoms with Crippen molar-refractivity contribution in [3.05, 3.63) is 128 Å². The number of pyridine rings is 5. The van der Waals surface area contributed by atoms with Crippen molar-refractivity contribution < 1.29 is 19.5 Å². The first-order chi connectivity index (χ1) is 16.3. The molecule has 0 atom stereocenters. The van der Waals surface area contributed by atoms with Crippen LogP contribution in [0.5, 0.6) is 0 Å². The van der Waals surface area contributed by atoms with Crippen molar-refractivity contribution in [1.29, 1.82) is 5.26 Å². The van der Waals surface area contributed by atoms with Crippen molar-refractivity contribution in [2.24, 2.45) is 0 Å². The maximum atomic E-state index is 7.32. The molecule has 0 spiro atoms. The van der Waals surface area contributed by atoms with Crippen molar-refractivity contribution in [2.45, 2.75) is 6.92 Å². The number of nitrogens with zero attached hydrogens (tertiary/aromatic N) is 6. The molecule has 6 nitrogen and oxygen atoms in total. The quantitative estimate of drug-likeness (QED) is 0.263. The van der Waals surface area contributed by atoms with Crippen LogP contribution in [0.3, 0.4) is 0 Å². The summed E-state index contributed by atoms with van der Waals surface area (Å²) in [4.78, 5) is 20.5. The summed E-state index contributed by atoms with van der Waals surface area (Å²) in [6.07, 6.45) is 10.6. The van der Waals surface area contributed by atoms with E-state index in [4.69, 9.17) is 5.26 Å². The average Bonchev–Trinajstić information content (AvgIpc) is 2.93. The molecular formula is C27H24N6Ru. The van der Waals surface area contributed by atoms with E-state index in [1.54, 1.807) is 43.3 Å². The second kappa shape index (κ2) is 18.4. The fourth-order valence-electron chi connectivity index (χ4n) is 2.37. The molecule has 34 heavy (non-hydrogen) atoms. The Morgan fingerprint density at radius 2 is 0.735 bits per heavy atom. The zero-order valence-electron chi connectivity index (χ0n) is 18.7. The van der Waals surface area contributed by atoms with Crippen molar-refractivity contribution in [3.8, 4) is 28.8 Å². The predicted molar refractivity (Wildman–Crippen MR) is 130 cm³/mol. The number of aromatic nitrogens is 5. The Morgan fingerprint density at radius 3 is 0.882 bits per heavy atom. The molecule has 0 amide bonds. The maximum absolute atomic E-state index is 7.32. The Morgan fingerprint density at radius 1 is 0.471 bits per heavy atom. The molecule has 0 fully saturated rings. The summed E-state index contributed by atoms with van der Waals surface area (Å²) in [5.74, 6) is 0. The van der Waals surface area contributed by atoms with Gasteiger partial charge in [0, 0.05) is 63.6 Å². The molecule has 0 aliphatic rings. The van der Waals surface area contributed by atoms with Crippen LogP contribution in [-0.4, -0.2) is 24.9 Å². The fraction of sp³-hybridized carbons (Fsp3) is 0.0370. The average molecular weight is 534 g/mol. The summed E-state index contributed by atoms with van der Waals surface area (Å²) in [7, 11) is 0. The predicted octanol–water partition coefficient (Wildman–Crippen LogP) is 5.90. The molecule has 0 unspecified atom stereocenters. The molecule has 0 N–H and O–H groups in total. The van der Waals surface area contributed by atoms with Gasteiger partial charge in [0.1, 0.15) is 0 Å². The molecule has 0 bridgehead atoms. The van der Waals surface area contributed by atoms with Crippen LogP contribution in [0.1, 0.15) is 6.92 Å². The topological polar surface area (TPSA) is 88.2 Å². The van der Waals surface area contributed by atoms with Crippen LogP contribution in [0.15, 0.2) is 128 Å². The van der Waals surface area contributed by atoms with Gasteiger partial charge in [-0.15, -0.1) is 0 Å². The van der Waals surface area contributed by atoms with Crippen molar-refractivity contribution in [2.75, 3.05) is 0 Å². The van der Waals surface area contributed by atoms with E-state index in [0.717, 1.165) is 22.8 Å². The summed E-state index contributed by atoms with van der Waals surface area (Å²) in [5.41, 5.74) is 3.66. The van der Waals surface area contributed by atoms with E-state index in [1.807, 2.05) is 91.0 Å². The van der Waals surface area contributed by atoms with Crippen LogP contribution in [0.2, 0.25) is 0 Å². The zero-order valence-corrected chi connectivity index (χ0v) is 20.4. The van der Waals surface area contributed by atoms with Gasteiger partial charge in [-0.1, -0.05) is 30.3 Å². The summed E-state index contributed by atoms with van der Waals surface area (Å²) in [6.45, 7) is 1.43. The van der Waals surface area contributed by atoms with E-state index in [9.17, 15) is 0 Å². The van der Waals surface area contributed by atoms with Gasteiger partial charge in [-0.2, -0.15) is 5.26 Å². The molecule has 170 valence electrons. The van der Waals surface area contributed by atoms with Gasteiger partial charge >= 0.3 is 0 Å². The Balaban J connectivity index is 0.000000248. The SMILES string of the molecule is CC#N.[Ru].c1ccc(-c2ccccn2)nc1.c1ccc(-c2ccccn2)nc1.c1ccncc1. The molecular weight excluding hydrogens is 509 g/mol. The minimum absolute atomic E-state index is 0. The van der Waals surface area contributed by atoms with Gasteiger partial charge in [-0.05, 0) is 60.7 Å². The monoisotopic (exact) mass is 534 g/mol. The molecule has 5 rings (SSSR count). The number of rotatable bonds is 2. The van der Waals surface area contributed by atoms with Crippen LogP contribution in [0.4, 0.5) is 0 Å². The smallest absolute Gasteiger partial charge is 0.0886 e. The van der Waals surface area contributed by atoms with Gasteiger partial charge in [0.15, 0.2) is 0 Å². The van der Waals surface area contributed by atoms with Crippen molar-refractivity contribution in [3.63, 3.8) is 0 Å². The fourth-order valence-corrected chi connectivity index (χ4v) is 2.37. The first kappa shape index (κ1) is 27.9.